The summed E-state index contributed by atoms with van der Waals surface area (Å²) < 4.78 is 4.90. The first-order valence-corrected chi connectivity index (χ1v) is 9.44. The molecule has 0 saturated carbocycles. The fourth-order valence-corrected chi connectivity index (χ4v) is 2.92. The van der Waals surface area contributed by atoms with Crippen LogP contribution in [0.25, 0.3) is 0 Å². The number of carbonyl (C=O) groups excluding carboxylic acids is 5. The number of carbonyl (C=O) groups is 5. The van der Waals surface area contributed by atoms with Crippen molar-refractivity contribution in [2.24, 2.45) is 0 Å². The van der Waals surface area contributed by atoms with Crippen LogP contribution in [0.1, 0.15) is 51.8 Å². The number of anilines is 1. The molecule has 0 unspecified atom stereocenters. The molecule has 1 aliphatic heterocycles. The van der Waals surface area contributed by atoms with Crippen LogP contribution in [-0.4, -0.2) is 41.9 Å². The molecule has 0 aliphatic carbocycles. The van der Waals surface area contributed by atoms with E-state index < -0.39 is 41.9 Å². The second-order valence-corrected chi connectivity index (χ2v) is 7.87. The first kappa shape index (κ1) is 21.7. The lowest BCUT2D eigenvalue weighted by molar-refractivity contribution is -0.123. The van der Waals surface area contributed by atoms with Gasteiger partial charge in [-0.1, -0.05) is 12.1 Å². The minimum absolute atomic E-state index is 0.118. The summed E-state index contributed by atoms with van der Waals surface area (Å²) in [6, 6.07) is 11.5. The molecule has 2 aromatic rings. The van der Waals surface area contributed by atoms with E-state index in [1.54, 1.807) is 45.0 Å². The summed E-state index contributed by atoms with van der Waals surface area (Å²) in [5.41, 5.74) is 0.532. The smallest absolute Gasteiger partial charge is 0.338 e. The Balaban J connectivity index is 1.59. The summed E-state index contributed by atoms with van der Waals surface area (Å²) in [7, 11) is 0. The molecule has 0 radical (unpaired) electrons. The predicted molar refractivity (Wildman–Crippen MR) is 111 cm³/mol. The van der Waals surface area contributed by atoms with E-state index in [-0.39, 0.29) is 5.56 Å². The van der Waals surface area contributed by atoms with Gasteiger partial charge in [0.25, 0.3) is 17.7 Å². The number of esters is 1. The van der Waals surface area contributed by atoms with E-state index in [0.717, 1.165) is 4.90 Å². The highest BCUT2D eigenvalue weighted by Crippen LogP contribution is 2.28. The zero-order valence-electron chi connectivity index (χ0n) is 17.2. The largest absolute Gasteiger partial charge is 0.452 e. The van der Waals surface area contributed by atoms with Gasteiger partial charge in [0, 0.05) is 5.54 Å². The Kier molecular flexibility index (Phi) is 5.87. The monoisotopic (exact) mass is 423 g/mol. The number of benzene rings is 2. The van der Waals surface area contributed by atoms with Gasteiger partial charge >= 0.3 is 12.0 Å². The highest BCUT2D eigenvalue weighted by Gasteiger charge is 2.36. The van der Waals surface area contributed by atoms with E-state index in [4.69, 9.17) is 4.74 Å². The predicted octanol–water partition coefficient (Wildman–Crippen LogP) is 2.27. The van der Waals surface area contributed by atoms with E-state index in [1.165, 1.54) is 24.3 Å². The Morgan fingerprint density at radius 1 is 0.903 bits per heavy atom. The van der Waals surface area contributed by atoms with Crippen LogP contribution in [-0.2, 0) is 9.53 Å². The van der Waals surface area contributed by atoms with E-state index in [1.807, 2.05) is 0 Å². The Labute approximate surface area is 178 Å². The Bertz CT molecular complexity index is 1030. The topological polar surface area (TPSA) is 122 Å². The number of imide groups is 2. The number of ether oxygens (including phenoxy) is 1. The maximum Gasteiger partial charge on any atom is 0.338 e. The van der Waals surface area contributed by atoms with Gasteiger partial charge in [0.2, 0.25) is 0 Å². The minimum atomic E-state index is -0.791. The molecule has 0 fully saturated rings. The molecule has 0 aromatic heterocycles. The molecule has 5 amide bonds. The Hall–Kier alpha value is -4.01. The zero-order valence-corrected chi connectivity index (χ0v) is 17.2. The van der Waals surface area contributed by atoms with E-state index in [9.17, 15) is 24.0 Å². The molecular weight excluding hydrogens is 402 g/mol. The molecule has 3 rings (SSSR count). The number of rotatable bonds is 4. The average Bonchev–Trinajstić information content (AvgIpc) is 2.95. The van der Waals surface area contributed by atoms with Crippen molar-refractivity contribution in [1.82, 2.24) is 10.6 Å². The summed E-state index contributed by atoms with van der Waals surface area (Å²) in [4.78, 5) is 61.6. The fraction of sp³-hybridized carbons (Fsp3) is 0.227. The zero-order chi connectivity index (χ0) is 22.8. The highest BCUT2D eigenvalue weighted by atomic mass is 16.5. The minimum Gasteiger partial charge on any atom is -0.452 e. The average molecular weight is 423 g/mol. The van der Waals surface area contributed by atoms with Crippen LogP contribution in [0.3, 0.4) is 0 Å². The van der Waals surface area contributed by atoms with Crippen molar-refractivity contribution in [1.29, 1.82) is 0 Å². The summed E-state index contributed by atoms with van der Waals surface area (Å²) in [6.45, 7) is 4.62. The van der Waals surface area contributed by atoms with Gasteiger partial charge in [-0.2, -0.15) is 0 Å². The molecule has 160 valence electrons. The molecule has 2 aromatic carbocycles. The number of hydrogen-bond donors (Lipinski definition) is 2. The lowest BCUT2D eigenvalue weighted by Crippen LogP contribution is -2.49. The number of hydrogen-bond acceptors (Lipinski definition) is 6. The third-order valence-electron chi connectivity index (χ3n) is 4.23. The summed E-state index contributed by atoms with van der Waals surface area (Å²) in [6.07, 6.45) is 0. The van der Waals surface area contributed by atoms with Crippen LogP contribution in [0.15, 0.2) is 48.5 Å². The maximum atomic E-state index is 12.5. The van der Waals surface area contributed by atoms with Crippen LogP contribution >= 0.6 is 0 Å². The number of urea groups is 1. The van der Waals surface area contributed by atoms with Gasteiger partial charge in [-0.25, -0.2) is 14.5 Å². The van der Waals surface area contributed by atoms with Crippen LogP contribution in [0.2, 0.25) is 0 Å². The fourth-order valence-electron chi connectivity index (χ4n) is 2.92. The molecule has 1 heterocycles. The lowest BCUT2D eigenvalue weighted by Gasteiger charge is -2.20. The Morgan fingerprint density at radius 3 is 1.97 bits per heavy atom. The normalized spacial score (nSPS) is 12.9. The Morgan fingerprint density at radius 2 is 1.45 bits per heavy atom. The molecular formula is C22H21N3O6. The molecule has 1 aliphatic rings. The van der Waals surface area contributed by atoms with Gasteiger partial charge < -0.3 is 10.1 Å². The van der Waals surface area contributed by atoms with Gasteiger partial charge in [0.1, 0.15) is 0 Å². The van der Waals surface area contributed by atoms with E-state index >= 15 is 0 Å². The van der Waals surface area contributed by atoms with Crippen molar-refractivity contribution in [2.45, 2.75) is 26.3 Å². The van der Waals surface area contributed by atoms with E-state index in [0.29, 0.717) is 16.8 Å². The van der Waals surface area contributed by atoms with E-state index in [2.05, 4.69) is 10.6 Å². The number of fused-ring (bicyclic) bond motifs is 1. The lowest BCUT2D eigenvalue weighted by atomic mass is 10.1. The second kappa shape index (κ2) is 8.39. The van der Waals surface area contributed by atoms with Gasteiger partial charge in [-0.05, 0) is 57.2 Å². The SMILES string of the molecule is CC(C)(C)NC(=O)NC(=O)COC(=O)c1ccc(N2C(=O)c3ccccc3C2=O)cc1. The third-order valence-corrected chi connectivity index (χ3v) is 4.23. The van der Waals surface area contributed by atoms with Gasteiger partial charge in [0.05, 0.1) is 22.4 Å². The first-order valence-electron chi connectivity index (χ1n) is 9.44. The van der Waals surface area contributed by atoms with Gasteiger partial charge in [-0.15, -0.1) is 0 Å². The van der Waals surface area contributed by atoms with Crippen LogP contribution < -0.4 is 15.5 Å². The van der Waals surface area contributed by atoms with Gasteiger partial charge in [0.15, 0.2) is 6.61 Å². The third kappa shape index (κ3) is 4.95. The molecule has 2 N–H and O–H groups in total. The first-order chi connectivity index (χ1) is 14.6. The molecule has 31 heavy (non-hydrogen) atoms. The maximum absolute atomic E-state index is 12.5. The molecule has 9 nitrogen and oxygen atoms in total. The number of nitrogens with one attached hydrogen (secondary N) is 2. The molecule has 0 saturated heterocycles. The van der Waals surface area contributed by atoms with Gasteiger partial charge in [-0.3, -0.25) is 19.7 Å². The number of nitrogens with zero attached hydrogens (tertiary/aromatic N) is 1. The van der Waals surface area contributed by atoms with Crippen LogP contribution in [0.4, 0.5) is 10.5 Å². The van der Waals surface area contributed by atoms with Crippen molar-refractivity contribution in [2.75, 3.05) is 11.5 Å². The van der Waals surface area contributed by atoms with Crippen molar-refractivity contribution in [3.63, 3.8) is 0 Å². The quantitative estimate of drug-likeness (QED) is 0.575. The second-order valence-electron chi connectivity index (χ2n) is 7.87. The summed E-state index contributed by atoms with van der Waals surface area (Å²) >= 11 is 0. The highest BCUT2D eigenvalue weighted by molar-refractivity contribution is 6.34. The summed E-state index contributed by atoms with van der Waals surface area (Å²) in [5.74, 6) is -2.46. The molecule has 9 heteroatoms. The molecule has 0 spiro atoms. The summed E-state index contributed by atoms with van der Waals surface area (Å²) in [5, 5.41) is 4.61. The number of amides is 5. The standard InChI is InChI=1S/C22H21N3O6/c1-22(2,3)24-21(30)23-17(26)12-31-20(29)13-8-10-14(11-9-13)25-18(27)15-6-4-5-7-16(15)19(25)28/h4-11H,12H2,1-3H3,(H2,23,24,26,30). The molecule has 0 bridgehead atoms. The van der Waals surface area contributed by atoms with Crippen molar-refractivity contribution < 1.29 is 28.7 Å². The molecule has 0 atom stereocenters. The van der Waals surface area contributed by atoms with Crippen molar-refractivity contribution >= 4 is 35.4 Å². The van der Waals surface area contributed by atoms with Crippen molar-refractivity contribution in [3.05, 3.63) is 65.2 Å². The van der Waals surface area contributed by atoms with Crippen LogP contribution in [0.5, 0.6) is 0 Å². The van der Waals surface area contributed by atoms with Crippen LogP contribution in [0, 0.1) is 0 Å². The van der Waals surface area contributed by atoms with Crippen molar-refractivity contribution in [3.8, 4) is 0 Å².